The highest BCUT2D eigenvalue weighted by molar-refractivity contribution is 5.41. The molecular formula is C30H46O2. The summed E-state index contributed by atoms with van der Waals surface area (Å²) in [4.78, 5) is 0. The van der Waals surface area contributed by atoms with E-state index >= 15 is 0 Å². The Labute approximate surface area is 197 Å². The molecule has 0 saturated carbocycles. The molecule has 2 atom stereocenters. The zero-order chi connectivity index (χ0) is 23.5. The Morgan fingerprint density at radius 3 is 1.16 bits per heavy atom. The van der Waals surface area contributed by atoms with E-state index in [0.717, 1.165) is 11.5 Å². The average Bonchev–Trinajstić information content (AvgIpc) is 2.84. The van der Waals surface area contributed by atoms with Crippen LogP contribution in [0.3, 0.4) is 0 Å². The molecule has 0 radical (unpaired) electrons. The molecule has 0 aliphatic carbocycles. The van der Waals surface area contributed by atoms with Crippen LogP contribution in [-0.2, 0) is 10.8 Å². The molecule has 0 heterocycles. The number of hydrogen-bond acceptors (Lipinski definition) is 2. The molecule has 2 heteroatoms. The summed E-state index contributed by atoms with van der Waals surface area (Å²) in [5.74, 6) is 1.85. The molecule has 0 fully saturated rings. The molecule has 178 valence electrons. The maximum atomic E-state index is 5.47. The van der Waals surface area contributed by atoms with Crippen molar-refractivity contribution in [1.82, 2.24) is 0 Å². The molecule has 0 aliphatic heterocycles. The Hall–Kier alpha value is -1.96. The van der Waals surface area contributed by atoms with E-state index in [2.05, 4.69) is 76.2 Å². The molecule has 2 nitrogen and oxygen atoms in total. The van der Waals surface area contributed by atoms with Crippen LogP contribution in [0.15, 0.2) is 48.5 Å². The fourth-order valence-corrected chi connectivity index (χ4v) is 5.21. The molecule has 2 aromatic rings. The number of unbranched alkanes of at least 4 members (excludes halogenated alkanes) is 6. The van der Waals surface area contributed by atoms with Crippen molar-refractivity contribution in [3.8, 4) is 11.5 Å². The highest BCUT2D eigenvalue weighted by Gasteiger charge is 2.45. The zero-order valence-corrected chi connectivity index (χ0v) is 21.5. The predicted octanol–water partition coefficient (Wildman–Crippen LogP) is 8.86. The first-order chi connectivity index (χ1) is 15.4. The van der Waals surface area contributed by atoms with Crippen LogP contribution in [0.2, 0.25) is 0 Å². The summed E-state index contributed by atoms with van der Waals surface area (Å²) in [5, 5.41) is 0. The Kier molecular flexibility index (Phi) is 10.6. The summed E-state index contributed by atoms with van der Waals surface area (Å²) in [6, 6.07) is 17.7. The molecule has 0 aliphatic rings. The van der Waals surface area contributed by atoms with Crippen LogP contribution in [0.5, 0.6) is 11.5 Å². The van der Waals surface area contributed by atoms with Crippen molar-refractivity contribution >= 4 is 0 Å². The van der Waals surface area contributed by atoms with E-state index in [9.17, 15) is 0 Å². The first-order valence-corrected chi connectivity index (χ1v) is 12.7. The Balaban J connectivity index is 2.51. The molecular weight excluding hydrogens is 392 g/mol. The highest BCUT2D eigenvalue weighted by atomic mass is 16.5. The molecule has 0 amide bonds. The summed E-state index contributed by atoms with van der Waals surface area (Å²) in [5.41, 5.74) is 2.91. The highest BCUT2D eigenvalue weighted by Crippen LogP contribution is 2.51. The summed E-state index contributed by atoms with van der Waals surface area (Å²) >= 11 is 0. The van der Waals surface area contributed by atoms with Crippen LogP contribution in [0.4, 0.5) is 0 Å². The number of benzene rings is 2. The monoisotopic (exact) mass is 438 g/mol. The van der Waals surface area contributed by atoms with Gasteiger partial charge in [-0.3, -0.25) is 0 Å². The topological polar surface area (TPSA) is 18.5 Å². The summed E-state index contributed by atoms with van der Waals surface area (Å²) in [7, 11) is 3.49. The van der Waals surface area contributed by atoms with Crippen LogP contribution in [0.25, 0.3) is 0 Å². The molecule has 32 heavy (non-hydrogen) atoms. The molecule has 0 saturated heterocycles. The van der Waals surface area contributed by atoms with Gasteiger partial charge < -0.3 is 9.47 Å². The fraction of sp³-hybridized carbons (Fsp3) is 0.600. The maximum absolute atomic E-state index is 5.47. The van der Waals surface area contributed by atoms with Gasteiger partial charge in [0.2, 0.25) is 0 Å². The predicted molar refractivity (Wildman–Crippen MR) is 138 cm³/mol. The lowest BCUT2D eigenvalue weighted by Gasteiger charge is -2.48. The number of hydrogen-bond donors (Lipinski definition) is 0. The van der Waals surface area contributed by atoms with E-state index in [4.69, 9.17) is 9.47 Å². The minimum Gasteiger partial charge on any atom is -0.497 e. The molecule has 0 spiro atoms. The van der Waals surface area contributed by atoms with Gasteiger partial charge in [0.1, 0.15) is 11.5 Å². The van der Waals surface area contributed by atoms with Gasteiger partial charge in [0.25, 0.3) is 0 Å². The molecule has 0 N–H and O–H groups in total. The van der Waals surface area contributed by atoms with Gasteiger partial charge in [0.15, 0.2) is 0 Å². The lowest BCUT2D eigenvalue weighted by atomic mass is 9.55. The van der Waals surface area contributed by atoms with Gasteiger partial charge in [-0.1, -0.05) is 103 Å². The van der Waals surface area contributed by atoms with Gasteiger partial charge in [0.05, 0.1) is 14.2 Å². The normalized spacial score (nSPS) is 15.1. The molecule has 2 unspecified atom stereocenters. The number of methoxy groups -OCH3 is 2. The average molecular weight is 439 g/mol. The Morgan fingerprint density at radius 1 is 0.531 bits per heavy atom. The van der Waals surface area contributed by atoms with E-state index in [0.29, 0.717) is 0 Å². The van der Waals surface area contributed by atoms with E-state index in [1.54, 1.807) is 14.2 Å². The molecule has 0 aromatic heterocycles. The second-order valence-corrected chi connectivity index (χ2v) is 9.74. The van der Waals surface area contributed by atoms with Gasteiger partial charge in [-0.15, -0.1) is 0 Å². The lowest BCUT2D eigenvalue weighted by Crippen LogP contribution is -2.45. The van der Waals surface area contributed by atoms with Gasteiger partial charge >= 0.3 is 0 Å². The quantitative estimate of drug-likeness (QED) is 0.258. The third-order valence-electron chi connectivity index (χ3n) is 7.73. The van der Waals surface area contributed by atoms with E-state index in [1.807, 2.05) is 0 Å². The van der Waals surface area contributed by atoms with Gasteiger partial charge in [-0.05, 0) is 48.2 Å². The minimum atomic E-state index is 0.0355. The van der Waals surface area contributed by atoms with E-state index in [1.165, 1.54) is 75.3 Å². The SMILES string of the molecule is CCCCCCC(C)(c1ccc(OC)cc1)C(C)(CCCCCC)c1ccc(OC)cc1. The lowest BCUT2D eigenvalue weighted by molar-refractivity contribution is 0.207. The Morgan fingerprint density at radius 2 is 0.875 bits per heavy atom. The third-order valence-corrected chi connectivity index (χ3v) is 7.73. The first-order valence-electron chi connectivity index (χ1n) is 12.7. The smallest absolute Gasteiger partial charge is 0.118 e. The summed E-state index contributed by atoms with van der Waals surface area (Å²) < 4.78 is 10.9. The van der Waals surface area contributed by atoms with E-state index < -0.39 is 0 Å². The first kappa shape index (κ1) is 26.3. The van der Waals surface area contributed by atoms with Gasteiger partial charge in [0, 0.05) is 10.8 Å². The third kappa shape index (κ3) is 6.30. The van der Waals surface area contributed by atoms with Gasteiger partial charge in [-0.25, -0.2) is 0 Å². The maximum Gasteiger partial charge on any atom is 0.118 e. The van der Waals surface area contributed by atoms with Crippen molar-refractivity contribution in [2.45, 2.75) is 103 Å². The second kappa shape index (κ2) is 12.9. The van der Waals surface area contributed by atoms with Crippen LogP contribution in [0, 0.1) is 0 Å². The molecule has 2 aromatic carbocycles. The minimum absolute atomic E-state index is 0.0355. The van der Waals surface area contributed by atoms with Crippen molar-refractivity contribution in [1.29, 1.82) is 0 Å². The number of ether oxygens (including phenoxy) is 2. The fourth-order valence-electron chi connectivity index (χ4n) is 5.21. The largest absolute Gasteiger partial charge is 0.497 e. The molecule has 2 rings (SSSR count). The van der Waals surface area contributed by atoms with Crippen molar-refractivity contribution in [3.63, 3.8) is 0 Å². The van der Waals surface area contributed by atoms with Crippen LogP contribution in [0.1, 0.15) is 103 Å². The number of rotatable bonds is 15. The van der Waals surface area contributed by atoms with E-state index in [-0.39, 0.29) is 10.8 Å². The Bertz CT molecular complexity index is 697. The van der Waals surface area contributed by atoms with Crippen molar-refractivity contribution < 1.29 is 9.47 Å². The van der Waals surface area contributed by atoms with Crippen molar-refractivity contribution in [2.24, 2.45) is 0 Å². The summed E-state index contributed by atoms with van der Waals surface area (Å²) in [6.07, 6.45) is 12.7. The zero-order valence-electron chi connectivity index (χ0n) is 21.5. The van der Waals surface area contributed by atoms with Gasteiger partial charge in [-0.2, -0.15) is 0 Å². The van der Waals surface area contributed by atoms with Crippen molar-refractivity contribution in [2.75, 3.05) is 14.2 Å². The summed E-state index contributed by atoms with van der Waals surface area (Å²) in [6.45, 7) is 9.59. The van der Waals surface area contributed by atoms with Crippen LogP contribution < -0.4 is 9.47 Å². The van der Waals surface area contributed by atoms with Crippen LogP contribution >= 0.6 is 0 Å². The standard InChI is InChI=1S/C30H46O2/c1-7-9-11-13-23-29(3,25-15-19-27(31-5)20-16-25)30(4,24-14-12-10-8-2)26-17-21-28(32-6)22-18-26/h15-22H,7-14,23-24H2,1-6H3. The molecule has 0 bridgehead atoms. The second-order valence-electron chi connectivity index (χ2n) is 9.74. The van der Waals surface area contributed by atoms with Crippen LogP contribution in [-0.4, -0.2) is 14.2 Å². The van der Waals surface area contributed by atoms with Crippen molar-refractivity contribution in [3.05, 3.63) is 59.7 Å².